The summed E-state index contributed by atoms with van der Waals surface area (Å²) >= 11 is 0. The maximum atomic E-state index is 11.4. The van der Waals surface area contributed by atoms with Gasteiger partial charge in [-0.3, -0.25) is 4.79 Å². The zero-order valence-corrected chi connectivity index (χ0v) is 9.84. The lowest BCUT2D eigenvalue weighted by atomic mass is 10.2. The Bertz CT molecular complexity index is 365. The molecule has 1 unspecified atom stereocenters. The van der Waals surface area contributed by atoms with Crippen molar-refractivity contribution in [3.63, 3.8) is 0 Å². The van der Waals surface area contributed by atoms with E-state index in [1.54, 1.807) is 24.4 Å². The summed E-state index contributed by atoms with van der Waals surface area (Å²) in [6, 6.07) is 3.50. The molecule has 1 amide bonds. The first-order valence-corrected chi connectivity index (χ1v) is 5.63. The van der Waals surface area contributed by atoms with Crippen molar-refractivity contribution in [1.29, 1.82) is 0 Å². The fourth-order valence-corrected chi connectivity index (χ4v) is 1.19. The molecule has 92 valence electrons. The predicted molar refractivity (Wildman–Crippen MR) is 63.9 cm³/mol. The molecular weight excluding hydrogens is 218 g/mol. The second-order valence-electron chi connectivity index (χ2n) is 3.59. The number of aliphatic hydroxyl groups is 1. The van der Waals surface area contributed by atoms with Crippen LogP contribution in [0.5, 0.6) is 0 Å². The molecule has 0 saturated carbocycles. The van der Waals surface area contributed by atoms with Crippen molar-refractivity contribution in [2.75, 3.05) is 0 Å². The van der Waals surface area contributed by atoms with Gasteiger partial charge in [0.25, 0.3) is 5.91 Å². The average Bonchev–Trinajstić information content (AvgIpc) is 2.37. The highest BCUT2D eigenvalue weighted by atomic mass is 16.3. The summed E-state index contributed by atoms with van der Waals surface area (Å²) in [5.41, 5.74) is 0.658. The lowest BCUT2D eigenvalue weighted by Crippen LogP contribution is -2.33. The Labute approximate surface area is 101 Å². The van der Waals surface area contributed by atoms with Gasteiger partial charge in [-0.2, -0.15) is 10.2 Å². The van der Waals surface area contributed by atoms with Gasteiger partial charge >= 0.3 is 0 Å². The van der Waals surface area contributed by atoms with E-state index in [-0.39, 0.29) is 6.54 Å². The molecule has 1 aromatic rings. The highest BCUT2D eigenvalue weighted by molar-refractivity contribution is 5.82. The minimum atomic E-state index is -1.10. The van der Waals surface area contributed by atoms with Gasteiger partial charge < -0.3 is 10.4 Å². The molecule has 0 saturated heterocycles. The molecule has 0 aliphatic rings. The standard InChI is InChI=1S/C12H17N3O2/c1-2-3-4-7-11(16)12(17)13-9-10-6-5-8-14-15-10/h4-8,11,16H,2-3,9H2,1H3,(H,13,17)/b7-4+. The summed E-state index contributed by atoms with van der Waals surface area (Å²) in [4.78, 5) is 11.4. The molecule has 1 rings (SSSR count). The van der Waals surface area contributed by atoms with E-state index in [4.69, 9.17) is 0 Å². The van der Waals surface area contributed by atoms with Crippen molar-refractivity contribution in [3.05, 3.63) is 36.2 Å². The Morgan fingerprint density at radius 1 is 1.65 bits per heavy atom. The summed E-state index contributed by atoms with van der Waals surface area (Å²) in [7, 11) is 0. The van der Waals surface area contributed by atoms with Crippen LogP contribution in [0.4, 0.5) is 0 Å². The first-order chi connectivity index (χ1) is 8.24. The summed E-state index contributed by atoms with van der Waals surface area (Å²) in [5.74, 6) is -0.428. The molecule has 17 heavy (non-hydrogen) atoms. The Kier molecular flexibility index (Phi) is 5.88. The molecule has 0 bridgehead atoms. The molecule has 2 N–H and O–H groups in total. The van der Waals surface area contributed by atoms with E-state index in [1.165, 1.54) is 6.08 Å². The number of aliphatic hydroxyl groups excluding tert-OH is 1. The third kappa shape index (κ3) is 5.21. The van der Waals surface area contributed by atoms with Gasteiger partial charge in [-0.25, -0.2) is 0 Å². The van der Waals surface area contributed by atoms with Crippen molar-refractivity contribution in [2.45, 2.75) is 32.4 Å². The second kappa shape index (κ2) is 7.51. The van der Waals surface area contributed by atoms with Crippen molar-refractivity contribution in [1.82, 2.24) is 15.5 Å². The smallest absolute Gasteiger partial charge is 0.253 e. The molecule has 5 heteroatoms. The number of aromatic nitrogens is 2. The van der Waals surface area contributed by atoms with Crippen LogP contribution < -0.4 is 5.32 Å². The number of carbonyl (C=O) groups is 1. The number of amides is 1. The lowest BCUT2D eigenvalue weighted by Gasteiger charge is -2.06. The average molecular weight is 235 g/mol. The van der Waals surface area contributed by atoms with Crippen LogP contribution in [-0.2, 0) is 11.3 Å². The van der Waals surface area contributed by atoms with Gasteiger partial charge in [0, 0.05) is 6.20 Å². The van der Waals surface area contributed by atoms with Crippen LogP contribution >= 0.6 is 0 Å². The number of nitrogens with zero attached hydrogens (tertiary/aromatic N) is 2. The normalized spacial score (nSPS) is 12.6. The molecular formula is C12H17N3O2. The van der Waals surface area contributed by atoms with Crippen LogP contribution in [0.25, 0.3) is 0 Å². The first kappa shape index (κ1) is 13.3. The van der Waals surface area contributed by atoms with Crippen LogP contribution in [0.1, 0.15) is 25.5 Å². The van der Waals surface area contributed by atoms with Gasteiger partial charge in [0.2, 0.25) is 0 Å². The minimum absolute atomic E-state index is 0.269. The van der Waals surface area contributed by atoms with Crippen LogP contribution in [0.2, 0.25) is 0 Å². The number of unbranched alkanes of at least 4 members (excludes halogenated alkanes) is 1. The molecule has 5 nitrogen and oxygen atoms in total. The second-order valence-corrected chi connectivity index (χ2v) is 3.59. The highest BCUT2D eigenvalue weighted by Gasteiger charge is 2.10. The van der Waals surface area contributed by atoms with Gasteiger partial charge in [0.05, 0.1) is 12.2 Å². The molecule has 0 aliphatic heterocycles. The van der Waals surface area contributed by atoms with E-state index in [1.807, 2.05) is 6.92 Å². The Hall–Kier alpha value is -1.75. The molecule has 1 atom stereocenters. The fraction of sp³-hybridized carbons (Fsp3) is 0.417. The van der Waals surface area contributed by atoms with Gasteiger partial charge in [-0.1, -0.05) is 25.5 Å². The summed E-state index contributed by atoms with van der Waals surface area (Å²) in [6.45, 7) is 2.30. The molecule has 1 heterocycles. The monoisotopic (exact) mass is 235 g/mol. The van der Waals surface area contributed by atoms with E-state index < -0.39 is 12.0 Å². The summed E-state index contributed by atoms with van der Waals surface area (Å²) < 4.78 is 0. The predicted octanol–water partition coefficient (Wildman–Crippen LogP) is 0.810. The van der Waals surface area contributed by atoms with Gasteiger partial charge in [0.1, 0.15) is 0 Å². The molecule has 0 aromatic carbocycles. The van der Waals surface area contributed by atoms with Crippen molar-refractivity contribution >= 4 is 5.91 Å². The SMILES string of the molecule is CCC/C=C/C(O)C(=O)NCc1cccnn1. The van der Waals surface area contributed by atoms with Crippen LogP contribution in [0, 0.1) is 0 Å². The number of allylic oxidation sites excluding steroid dienone is 1. The quantitative estimate of drug-likeness (QED) is 0.715. The van der Waals surface area contributed by atoms with Crippen LogP contribution in [0.15, 0.2) is 30.5 Å². The van der Waals surface area contributed by atoms with E-state index in [0.29, 0.717) is 5.69 Å². The zero-order valence-electron chi connectivity index (χ0n) is 9.84. The lowest BCUT2D eigenvalue weighted by molar-refractivity contribution is -0.127. The summed E-state index contributed by atoms with van der Waals surface area (Å²) in [5, 5.41) is 19.6. The van der Waals surface area contributed by atoms with Crippen molar-refractivity contribution in [2.24, 2.45) is 0 Å². The van der Waals surface area contributed by atoms with Crippen LogP contribution in [0.3, 0.4) is 0 Å². The zero-order chi connectivity index (χ0) is 12.5. The molecule has 1 aromatic heterocycles. The molecule has 0 aliphatic carbocycles. The maximum Gasteiger partial charge on any atom is 0.253 e. The van der Waals surface area contributed by atoms with E-state index in [2.05, 4.69) is 15.5 Å². The highest BCUT2D eigenvalue weighted by Crippen LogP contribution is 1.94. The largest absolute Gasteiger partial charge is 0.379 e. The third-order valence-corrected chi connectivity index (χ3v) is 2.11. The summed E-state index contributed by atoms with van der Waals surface area (Å²) in [6.07, 6.45) is 5.60. The van der Waals surface area contributed by atoms with Gasteiger partial charge in [-0.05, 0) is 18.6 Å². The van der Waals surface area contributed by atoms with Crippen molar-refractivity contribution < 1.29 is 9.90 Å². The minimum Gasteiger partial charge on any atom is -0.379 e. The number of carbonyl (C=O) groups excluding carboxylic acids is 1. The Morgan fingerprint density at radius 3 is 3.12 bits per heavy atom. The molecule has 0 radical (unpaired) electrons. The van der Waals surface area contributed by atoms with Gasteiger partial charge in [-0.15, -0.1) is 0 Å². The Morgan fingerprint density at radius 2 is 2.47 bits per heavy atom. The van der Waals surface area contributed by atoms with Crippen LogP contribution in [-0.4, -0.2) is 27.3 Å². The van der Waals surface area contributed by atoms with E-state index >= 15 is 0 Å². The van der Waals surface area contributed by atoms with E-state index in [9.17, 15) is 9.90 Å². The first-order valence-electron chi connectivity index (χ1n) is 5.63. The van der Waals surface area contributed by atoms with Gasteiger partial charge in [0.15, 0.2) is 6.10 Å². The topological polar surface area (TPSA) is 75.1 Å². The molecule has 0 spiro atoms. The number of rotatable bonds is 6. The molecule has 0 fully saturated rings. The third-order valence-electron chi connectivity index (χ3n) is 2.11. The van der Waals surface area contributed by atoms with Crippen molar-refractivity contribution in [3.8, 4) is 0 Å². The van der Waals surface area contributed by atoms with E-state index in [0.717, 1.165) is 12.8 Å². The number of hydrogen-bond donors (Lipinski definition) is 2. The number of nitrogens with one attached hydrogen (secondary N) is 1. The number of hydrogen-bond acceptors (Lipinski definition) is 4. The fourth-order valence-electron chi connectivity index (χ4n) is 1.19. The Balaban J connectivity index is 2.34. The maximum absolute atomic E-state index is 11.4.